The van der Waals surface area contributed by atoms with E-state index in [-0.39, 0.29) is 49.0 Å². The first kappa shape index (κ1) is 24.5. The lowest BCUT2D eigenvalue weighted by Crippen LogP contribution is -2.53. The largest absolute Gasteiger partial charge is 0.497 e. The summed E-state index contributed by atoms with van der Waals surface area (Å²) in [6.07, 6.45) is 0.989. The fourth-order valence-corrected chi connectivity index (χ4v) is 4.57. The van der Waals surface area contributed by atoms with Gasteiger partial charge in [0.15, 0.2) is 0 Å². The smallest absolute Gasteiger partial charge is 0.257 e. The molecule has 0 aromatic heterocycles. The van der Waals surface area contributed by atoms with Gasteiger partial charge in [-0.3, -0.25) is 14.4 Å². The number of hydrogen-bond acceptors (Lipinski definition) is 6. The summed E-state index contributed by atoms with van der Waals surface area (Å²) in [5, 5.41) is 5.64. The number of carbonyl (C=O) groups is 3. The van der Waals surface area contributed by atoms with Crippen LogP contribution in [0.4, 0.5) is 5.69 Å². The molecule has 2 heterocycles. The Bertz CT molecular complexity index is 1100. The highest BCUT2D eigenvalue weighted by atomic mass is 16.5. The fraction of sp³-hybridized carbons (Fsp3) is 0.423. The molecule has 3 amide bonds. The second-order valence-electron chi connectivity index (χ2n) is 8.89. The van der Waals surface area contributed by atoms with Crippen LogP contribution in [0.1, 0.15) is 42.1 Å². The van der Waals surface area contributed by atoms with E-state index in [1.165, 1.54) is 6.92 Å². The highest BCUT2D eigenvalue weighted by molar-refractivity contribution is 5.99. The fourth-order valence-electron chi connectivity index (χ4n) is 4.57. The van der Waals surface area contributed by atoms with Crippen LogP contribution in [0.3, 0.4) is 0 Å². The monoisotopic (exact) mass is 481 g/mol. The topological polar surface area (TPSA) is 106 Å². The standard InChI is InChI=1S/C26H31N3O6/c1-16(30)28-18-7-10-23-21(12-18)26(32)29(2)22-9-8-20(35-24(22)15-34-23)13-25(31)27-14-17-5-4-6-19(11-17)33-3/h4-7,10-12,20,22,24H,8-9,13-15H2,1-3H3,(H,27,31)(H,28,30)/t20-,22-,24-/m1/s1. The maximum Gasteiger partial charge on any atom is 0.257 e. The van der Waals surface area contributed by atoms with Crippen molar-refractivity contribution in [3.8, 4) is 11.5 Å². The summed E-state index contributed by atoms with van der Waals surface area (Å²) in [7, 11) is 3.36. The Kier molecular flexibility index (Phi) is 7.55. The molecule has 35 heavy (non-hydrogen) atoms. The molecule has 1 fully saturated rings. The Morgan fingerprint density at radius 2 is 2.00 bits per heavy atom. The Morgan fingerprint density at radius 3 is 2.77 bits per heavy atom. The number of anilines is 1. The van der Waals surface area contributed by atoms with Crippen LogP contribution in [0.5, 0.6) is 11.5 Å². The van der Waals surface area contributed by atoms with Crippen LogP contribution in [-0.2, 0) is 20.9 Å². The van der Waals surface area contributed by atoms with Gasteiger partial charge in [0.1, 0.15) is 24.2 Å². The first-order valence-electron chi connectivity index (χ1n) is 11.7. The molecule has 3 atom stereocenters. The SMILES string of the molecule is COc1cccc(CNC(=O)C[C@H]2CC[C@@H]3[C@@H](COc4ccc(NC(C)=O)cc4C(=O)N3C)O2)c1. The molecule has 0 unspecified atom stereocenters. The first-order chi connectivity index (χ1) is 16.8. The maximum absolute atomic E-state index is 13.2. The van der Waals surface area contributed by atoms with E-state index in [2.05, 4.69) is 10.6 Å². The van der Waals surface area contributed by atoms with Gasteiger partial charge in [-0.05, 0) is 48.7 Å². The van der Waals surface area contributed by atoms with Crippen molar-refractivity contribution in [3.05, 3.63) is 53.6 Å². The first-order valence-corrected chi connectivity index (χ1v) is 11.7. The number of carbonyl (C=O) groups excluding carboxylic acids is 3. The van der Waals surface area contributed by atoms with Gasteiger partial charge in [0.2, 0.25) is 11.8 Å². The van der Waals surface area contributed by atoms with Gasteiger partial charge in [-0.1, -0.05) is 12.1 Å². The number of benzene rings is 2. The quantitative estimate of drug-likeness (QED) is 0.657. The molecule has 9 nitrogen and oxygen atoms in total. The second kappa shape index (κ2) is 10.8. The molecule has 0 spiro atoms. The summed E-state index contributed by atoms with van der Waals surface area (Å²) in [4.78, 5) is 38.9. The van der Waals surface area contributed by atoms with E-state index in [0.717, 1.165) is 11.3 Å². The maximum atomic E-state index is 13.2. The van der Waals surface area contributed by atoms with Crippen molar-refractivity contribution in [2.75, 3.05) is 26.1 Å². The minimum atomic E-state index is -0.350. The zero-order chi connectivity index (χ0) is 24.9. The number of likely N-dealkylation sites (N-methyl/N-ethyl adjacent to an activating group) is 1. The summed E-state index contributed by atoms with van der Waals surface area (Å²) in [6, 6.07) is 12.4. The van der Waals surface area contributed by atoms with Crippen molar-refractivity contribution in [2.45, 2.75) is 51.0 Å². The zero-order valence-corrected chi connectivity index (χ0v) is 20.2. The molecule has 2 aromatic rings. The highest BCUT2D eigenvalue weighted by Crippen LogP contribution is 2.32. The van der Waals surface area contributed by atoms with Gasteiger partial charge in [0, 0.05) is 26.2 Å². The van der Waals surface area contributed by atoms with Crippen LogP contribution in [0.25, 0.3) is 0 Å². The predicted octanol–water partition coefficient (Wildman–Crippen LogP) is 2.74. The summed E-state index contributed by atoms with van der Waals surface area (Å²) >= 11 is 0. The number of nitrogens with one attached hydrogen (secondary N) is 2. The molecule has 2 aliphatic rings. The number of amides is 3. The minimum absolute atomic E-state index is 0.0942. The molecule has 4 rings (SSSR count). The van der Waals surface area contributed by atoms with Crippen molar-refractivity contribution < 1.29 is 28.6 Å². The number of ether oxygens (including phenoxy) is 3. The third-order valence-corrected chi connectivity index (χ3v) is 6.37. The zero-order valence-electron chi connectivity index (χ0n) is 20.2. The predicted molar refractivity (Wildman–Crippen MR) is 129 cm³/mol. The normalized spacial score (nSPS) is 21.5. The van der Waals surface area contributed by atoms with E-state index < -0.39 is 0 Å². The molecule has 0 bridgehead atoms. The molecular weight excluding hydrogens is 450 g/mol. The van der Waals surface area contributed by atoms with Gasteiger partial charge in [0.25, 0.3) is 5.91 Å². The Hall–Kier alpha value is -3.59. The summed E-state index contributed by atoms with van der Waals surface area (Å²) in [5.41, 5.74) is 1.89. The summed E-state index contributed by atoms with van der Waals surface area (Å²) < 4.78 is 17.4. The third-order valence-electron chi connectivity index (χ3n) is 6.37. The second-order valence-corrected chi connectivity index (χ2v) is 8.89. The lowest BCUT2D eigenvalue weighted by molar-refractivity contribution is -0.134. The van der Waals surface area contributed by atoms with Crippen molar-refractivity contribution >= 4 is 23.4 Å². The Labute approximate surface area is 204 Å². The molecule has 2 aliphatic heterocycles. The van der Waals surface area contributed by atoms with Crippen LogP contribution in [-0.4, -0.2) is 61.6 Å². The van der Waals surface area contributed by atoms with Gasteiger partial charge in [-0.15, -0.1) is 0 Å². The van der Waals surface area contributed by atoms with E-state index in [1.54, 1.807) is 37.3 Å². The molecular formula is C26H31N3O6. The van der Waals surface area contributed by atoms with Crippen LogP contribution in [0, 0.1) is 0 Å². The number of nitrogens with zero attached hydrogens (tertiary/aromatic N) is 1. The Morgan fingerprint density at radius 1 is 1.17 bits per heavy atom. The molecule has 9 heteroatoms. The molecule has 1 saturated heterocycles. The number of hydrogen-bond donors (Lipinski definition) is 2. The van der Waals surface area contributed by atoms with Crippen molar-refractivity contribution in [1.29, 1.82) is 0 Å². The van der Waals surface area contributed by atoms with Crippen molar-refractivity contribution in [1.82, 2.24) is 10.2 Å². The van der Waals surface area contributed by atoms with Crippen molar-refractivity contribution in [2.24, 2.45) is 0 Å². The van der Waals surface area contributed by atoms with Gasteiger partial charge in [-0.25, -0.2) is 0 Å². The van der Waals surface area contributed by atoms with E-state index in [0.29, 0.717) is 36.4 Å². The minimum Gasteiger partial charge on any atom is -0.497 e. The Balaban J connectivity index is 1.37. The molecule has 186 valence electrons. The number of rotatable bonds is 6. The van der Waals surface area contributed by atoms with Crippen LogP contribution >= 0.6 is 0 Å². The lowest BCUT2D eigenvalue weighted by atomic mass is 9.94. The van der Waals surface area contributed by atoms with Crippen molar-refractivity contribution in [3.63, 3.8) is 0 Å². The van der Waals surface area contributed by atoms with Crippen LogP contribution in [0.2, 0.25) is 0 Å². The van der Waals surface area contributed by atoms with Crippen LogP contribution < -0.4 is 20.1 Å². The molecule has 0 aliphatic carbocycles. The summed E-state index contributed by atoms with van der Waals surface area (Å²) in [5.74, 6) is 0.686. The molecule has 0 saturated carbocycles. The third kappa shape index (κ3) is 5.92. The molecule has 0 radical (unpaired) electrons. The van der Waals surface area contributed by atoms with Gasteiger partial charge in [0.05, 0.1) is 31.2 Å². The molecule has 2 N–H and O–H groups in total. The van der Waals surface area contributed by atoms with Gasteiger partial charge >= 0.3 is 0 Å². The lowest BCUT2D eigenvalue weighted by Gasteiger charge is -2.42. The van der Waals surface area contributed by atoms with Gasteiger partial charge < -0.3 is 29.7 Å². The molecule has 2 aromatic carbocycles. The van der Waals surface area contributed by atoms with Crippen LogP contribution in [0.15, 0.2) is 42.5 Å². The average Bonchev–Trinajstić information content (AvgIpc) is 2.85. The van der Waals surface area contributed by atoms with E-state index in [9.17, 15) is 14.4 Å². The van der Waals surface area contributed by atoms with E-state index in [4.69, 9.17) is 14.2 Å². The highest BCUT2D eigenvalue weighted by Gasteiger charge is 2.39. The number of fused-ring (bicyclic) bond motifs is 2. The van der Waals surface area contributed by atoms with E-state index >= 15 is 0 Å². The van der Waals surface area contributed by atoms with E-state index in [1.807, 2.05) is 24.3 Å². The van der Waals surface area contributed by atoms with Gasteiger partial charge in [-0.2, -0.15) is 0 Å². The average molecular weight is 482 g/mol. The summed E-state index contributed by atoms with van der Waals surface area (Å²) in [6.45, 7) is 2.09. The number of methoxy groups -OCH3 is 1.